The number of aromatic nitrogens is 2. The number of aliphatic imine (C=N–C) groups is 1. The molecule has 2 amide bonds. The lowest BCUT2D eigenvalue weighted by Gasteiger charge is -2.38. The number of benzene rings is 1. The molecule has 0 atom stereocenters. The van der Waals surface area contributed by atoms with Crippen LogP contribution in [0.1, 0.15) is 96.4 Å². The number of carbonyl (C=O) groups is 2. The van der Waals surface area contributed by atoms with Crippen LogP contribution in [0.5, 0.6) is 0 Å². The van der Waals surface area contributed by atoms with Gasteiger partial charge in [-0.25, -0.2) is 9.59 Å². The van der Waals surface area contributed by atoms with E-state index in [0.717, 1.165) is 12.0 Å². The molecule has 10 nitrogen and oxygen atoms in total. The molecule has 208 valence electrons. The van der Waals surface area contributed by atoms with Crippen LogP contribution in [0.4, 0.5) is 9.59 Å². The normalized spacial score (nSPS) is 14.3. The zero-order valence-electron chi connectivity index (χ0n) is 23.0. The number of aryl methyl sites for hydroxylation is 1. The monoisotopic (exact) mass is 527 g/mol. The second kappa shape index (κ2) is 13.9. The largest absolute Gasteiger partial charge is 0.465 e. The summed E-state index contributed by atoms with van der Waals surface area (Å²) in [5.74, 6) is 0.793. The van der Waals surface area contributed by atoms with Gasteiger partial charge in [0.1, 0.15) is 5.60 Å². The predicted octanol–water partition coefficient (Wildman–Crippen LogP) is 6.38. The number of nitrogens with one attached hydrogen (secondary N) is 1. The molecule has 2 aromatic rings. The zero-order valence-corrected chi connectivity index (χ0v) is 23.0. The van der Waals surface area contributed by atoms with E-state index in [9.17, 15) is 9.59 Å². The molecule has 2 N–H and O–H groups in total. The van der Waals surface area contributed by atoms with Crippen molar-refractivity contribution in [1.29, 1.82) is 0 Å². The van der Waals surface area contributed by atoms with E-state index >= 15 is 0 Å². The minimum Gasteiger partial charge on any atom is -0.465 e. The smallest absolute Gasteiger partial charge is 0.437 e. The van der Waals surface area contributed by atoms with Gasteiger partial charge in [0.2, 0.25) is 17.7 Å². The van der Waals surface area contributed by atoms with Crippen LogP contribution in [-0.2, 0) is 11.2 Å². The molecule has 0 aliphatic carbocycles. The van der Waals surface area contributed by atoms with Gasteiger partial charge < -0.3 is 19.3 Å². The summed E-state index contributed by atoms with van der Waals surface area (Å²) in [6, 6.07) is 8.28. The molecule has 3 rings (SSSR count). The first-order chi connectivity index (χ1) is 18.1. The summed E-state index contributed by atoms with van der Waals surface area (Å²) in [5.41, 5.74) is 1.45. The number of guanidine groups is 1. The van der Waals surface area contributed by atoms with Crippen LogP contribution in [0.25, 0.3) is 11.4 Å². The highest BCUT2D eigenvalue weighted by atomic mass is 16.6. The van der Waals surface area contributed by atoms with Crippen molar-refractivity contribution in [2.45, 2.75) is 97.0 Å². The van der Waals surface area contributed by atoms with Crippen LogP contribution in [0.15, 0.2) is 33.8 Å². The molecule has 0 bridgehead atoms. The van der Waals surface area contributed by atoms with Gasteiger partial charge in [0.15, 0.2) is 0 Å². The van der Waals surface area contributed by atoms with Gasteiger partial charge in [0, 0.05) is 18.7 Å². The summed E-state index contributed by atoms with van der Waals surface area (Å²) >= 11 is 0. The quantitative estimate of drug-likeness (QED) is 0.196. The minimum absolute atomic E-state index is 0.0881. The third-order valence-electron chi connectivity index (χ3n) is 6.31. The molecule has 10 heteroatoms. The molecule has 1 aliphatic heterocycles. The van der Waals surface area contributed by atoms with Crippen molar-refractivity contribution in [2.75, 3.05) is 13.1 Å². The highest BCUT2D eigenvalue weighted by Crippen LogP contribution is 2.28. The first-order valence-electron chi connectivity index (χ1n) is 13.6. The zero-order chi connectivity index (χ0) is 27.5. The van der Waals surface area contributed by atoms with E-state index in [1.54, 1.807) is 25.7 Å². The molecule has 0 saturated carbocycles. The Hall–Kier alpha value is -3.43. The van der Waals surface area contributed by atoms with Crippen molar-refractivity contribution < 1.29 is 24.0 Å². The Morgan fingerprint density at radius 3 is 2.32 bits per heavy atom. The average molecular weight is 528 g/mol. The lowest BCUT2D eigenvalue weighted by atomic mass is 10.0. The van der Waals surface area contributed by atoms with Crippen LogP contribution in [0.2, 0.25) is 0 Å². The molecule has 1 aromatic heterocycles. The summed E-state index contributed by atoms with van der Waals surface area (Å²) in [6.45, 7) is 8.13. The highest BCUT2D eigenvalue weighted by molar-refractivity contribution is 5.98. The lowest BCUT2D eigenvalue weighted by molar-refractivity contribution is 0.0599. The van der Waals surface area contributed by atoms with Crippen molar-refractivity contribution in [3.05, 3.63) is 35.7 Å². The molecule has 1 fully saturated rings. The minimum atomic E-state index is -1.32. The Balaban J connectivity index is 1.48. The van der Waals surface area contributed by atoms with Gasteiger partial charge in [0.05, 0.1) is 5.92 Å². The topological polar surface area (TPSA) is 130 Å². The molecular formula is C28H41N5O5. The van der Waals surface area contributed by atoms with Crippen LogP contribution in [0.3, 0.4) is 0 Å². The number of hydrogen-bond acceptors (Lipinski definition) is 6. The van der Waals surface area contributed by atoms with E-state index in [1.807, 2.05) is 12.1 Å². The van der Waals surface area contributed by atoms with Gasteiger partial charge in [-0.05, 0) is 39.2 Å². The van der Waals surface area contributed by atoms with Crippen molar-refractivity contribution in [3.8, 4) is 11.4 Å². The fourth-order valence-corrected chi connectivity index (χ4v) is 4.25. The maximum absolute atomic E-state index is 12.1. The molecule has 1 aliphatic rings. The SMILES string of the molecule is CCCCCCCCCCc1ccc(-c2noc(C3CN(/C(=N\C(=O)OC(C)(C)C)NC(=O)O)C3)n2)cc1. The molecule has 38 heavy (non-hydrogen) atoms. The van der Waals surface area contributed by atoms with Gasteiger partial charge in [-0.3, -0.25) is 5.32 Å². The van der Waals surface area contributed by atoms with Crippen molar-refractivity contribution in [3.63, 3.8) is 0 Å². The predicted molar refractivity (Wildman–Crippen MR) is 145 cm³/mol. The van der Waals surface area contributed by atoms with Crippen molar-refractivity contribution in [2.24, 2.45) is 4.99 Å². The molecule has 1 aromatic carbocycles. The van der Waals surface area contributed by atoms with Gasteiger partial charge >= 0.3 is 12.2 Å². The Kier molecular flexibility index (Phi) is 10.7. The highest BCUT2D eigenvalue weighted by Gasteiger charge is 2.36. The number of rotatable bonds is 11. The van der Waals surface area contributed by atoms with Crippen LogP contribution in [-0.4, -0.2) is 57.0 Å². The molecule has 0 spiro atoms. The fraction of sp³-hybridized carbons (Fsp3) is 0.607. The van der Waals surface area contributed by atoms with Gasteiger partial charge in [-0.1, -0.05) is 81.3 Å². The van der Waals surface area contributed by atoms with Gasteiger partial charge in [0.25, 0.3) is 0 Å². The maximum atomic E-state index is 12.1. The van der Waals surface area contributed by atoms with E-state index in [2.05, 4.69) is 39.5 Å². The van der Waals surface area contributed by atoms with Crippen molar-refractivity contribution in [1.82, 2.24) is 20.4 Å². The number of unbranched alkanes of at least 4 members (excludes halogenated alkanes) is 7. The average Bonchev–Trinajstić information content (AvgIpc) is 3.28. The second-order valence-electron chi connectivity index (χ2n) is 10.8. The third-order valence-corrected chi connectivity index (χ3v) is 6.31. The van der Waals surface area contributed by atoms with Crippen LogP contribution in [0, 0.1) is 0 Å². The Labute approximate surface area is 224 Å². The summed E-state index contributed by atoms with van der Waals surface area (Å²) in [7, 11) is 0. The van der Waals surface area contributed by atoms with Crippen LogP contribution < -0.4 is 5.32 Å². The summed E-state index contributed by atoms with van der Waals surface area (Å²) in [6.07, 6.45) is 9.37. The Morgan fingerprint density at radius 1 is 1.08 bits per heavy atom. The molecule has 1 saturated heterocycles. The molecule has 0 unspecified atom stereocenters. The van der Waals surface area contributed by atoms with E-state index < -0.39 is 17.8 Å². The Bertz CT molecular complexity index is 1070. The first-order valence-corrected chi connectivity index (χ1v) is 13.6. The van der Waals surface area contributed by atoms with Gasteiger partial charge in [-0.15, -0.1) is 4.99 Å². The second-order valence-corrected chi connectivity index (χ2v) is 10.8. The van der Waals surface area contributed by atoms with E-state index in [4.69, 9.17) is 14.4 Å². The molecule has 0 radical (unpaired) electrons. The number of nitrogens with zero attached hydrogens (tertiary/aromatic N) is 4. The van der Waals surface area contributed by atoms with Crippen molar-refractivity contribution >= 4 is 18.1 Å². The fourth-order valence-electron chi connectivity index (χ4n) is 4.25. The number of carboxylic acid groups (broad SMARTS) is 1. The standard InChI is InChI=1S/C28H41N5O5/c1-5-6-7-8-9-10-11-12-13-20-14-16-21(17-15-20)23-29-24(38-32-23)22-18-33(19-22)25(30-26(34)35)31-27(36)37-28(2,3)4/h14-17,22H,5-13,18-19H2,1-4H3,(H,34,35)(H,30,31,36). The number of hydrogen-bond donors (Lipinski definition) is 2. The van der Waals surface area contributed by atoms with Gasteiger partial charge in [-0.2, -0.15) is 4.98 Å². The summed E-state index contributed by atoms with van der Waals surface area (Å²) in [4.78, 5) is 33.2. The van der Waals surface area contributed by atoms with E-state index in [0.29, 0.717) is 24.8 Å². The van der Waals surface area contributed by atoms with Crippen LogP contribution >= 0.6 is 0 Å². The molecule has 2 heterocycles. The number of ether oxygens (including phenoxy) is 1. The summed E-state index contributed by atoms with van der Waals surface area (Å²) < 4.78 is 10.6. The Morgan fingerprint density at radius 2 is 1.71 bits per heavy atom. The van der Waals surface area contributed by atoms with E-state index in [-0.39, 0.29) is 11.9 Å². The third kappa shape index (κ3) is 9.46. The number of likely N-dealkylation sites (tertiary alicyclic amines) is 1. The lowest BCUT2D eigenvalue weighted by Crippen LogP contribution is -2.54. The first kappa shape index (κ1) is 29.1. The number of carbonyl (C=O) groups excluding carboxylic acids is 1. The maximum Gasteiger partial charge on any atom is 0.437 e. The van der Waals surface area contributed by atoms with E-state index in [1.165, 1.54) is 56.9 Å². The molecular weight excluding hydrogens is 486 g/mol. The summed E-state index contributed by atoms with van der Waals surface area (Å²) in [5, 5.41) is 15.4. The number of amides is 2.